The zero-order chi connectivity index (χ0) is 12.1. The fraction of sp³-hybridized carbons (Fsp3) is 0.364. The molecule has 0 amide bonds. The van der Waals surface area contributed by atoms with Crippen LogP contribution < -0.4 is 4.74 Å². The van der Waals surface area contributed by atoms with Gasteiger partial charge >= 0.3 is 5.97 Å². The van der Waals surface area contributed by atoms with Crippen LogP contribution in [-0.4, -0.2) is 12.6 Å². The number of carbonyl (C=O) groups excluding carboxylic acids is 1. The van der Waals surface area contributed by atoms with Crippen LogP contribution in [0.1, 0.15) is 29.8 Å². The van der Waals surface area contributed by atoms with Crippen molar-refractivity contribution in [2.45, 2.75) is 20.3 Å². The Labute approximate surface area is 98.0 Å². The molecule has 0 aliphatic heterocycles. The maximum atomic E-state index is 11.9. The third kappa shape index (κ3) is 2.64. The first-order valence-electron chi connectivity index (χ1n) is 4.92. The minimum atomic E-state index is -1.07. The number of carbonyl (C=O) groups is 1. The summed E-state index contributed by atoms with van der Waals surface area (Å²) in [4.78, 5) is 14.4. The van der Waals surface area contributed by atoms with Crippen molar-refractivity contribution in [1.29, 1.82) is 0 Å². The molecule has 0 aromatic heterocycles. The Hall–Kier alpha value is -1.29. The largest absolute Gasteiger partial charge is 0.493 e. The molecule has 16 heavy (non-hydrogen) atoms. The molecular formula is C11H12ClFO3. The molecule has 0 radical (unpaired) electrons. The third-order valence-corrected chi connectivity index (χ3v) is 2.47. The van der Waals surface area contributed by atoms with Crippen molar-refractivity contribution >= 4 is 17.6 Å². The fourth-order valence-electron chi connectivity index (χ4n) is 1.35. The first-order valence-corrected chi connectivity index (χ1v) is 5.29. The summed E-state index contributed by atoms with van der Waals surface area (Å²) in [5.74, 6) is -0.845. The monoisotopic (exact) mass is 246 g/mol. The minimum Gasteiger partial charge on any atom is -0.493 e. The average molecular weight is 247 g/mol. The Morgan fingerprint density at radius 3 is 2.62 bits per heavy atom. The Bertz CT molecular complexity index is 393. The van der Waals surface area contributed by atoms with Gasteiger partial charge < -0.3 is 4.74 Å². The molecular weight excluding hydrogens is 235 g/mol. The lowest BCUT2D eigenvalue weighted by molar-refractivity contribution is -0.0790. The van der Waals surface area contributed by atoms with Crippen molar-refractivity contribution in [2.75, 3.05) is 6.61 Å². The fourth-order valence-corrected chi connectivity index (χ4v) is 1.63. The summed E-state index contributed by atoms with van der Waals surface area (Å²) in [5, 5.41) is 0.487. The van der Waals surface area contributed by atoms with Crippen LogP contribution >= 0.6 is 11.6 Å². The second-order valence-electron chi connectivity index (χ2n) is 3.09. The molecule has 0 bridgehead atoms. The highest BCUT2D eigenvalue weighted by Crippen LogP contribution is 2.28. The van der Waals surface area contributed by atoms with Gasteiger partial charge in [-0.15, -0.1) is 0 Å². The van der Waals surface area contributed by atoms with E-state index in [1.165, 1.54) is 12.1 Å². The van der Waals surface area contributed by atoms with E-state index in [2.05, 4.69) is 4.94 Å². The lowest BCUT2D eigenvalue weighted by Crippen LogP contribution is -2.05. The predicted molar refractivity (Wildman–Crippen MR) is 58.5 cm³/mol. The Morgan fingerprint density at radius 2 is 2.12 bits per heavy atom. The summed E-state index contributed by atoms with van der Waals surface area (Å²) < 4.78 is 17.1. The van der Waals surface area contributed by atoms with Crippen molar-refractivity contribution in [1.82, 2.24) is 0 Å². The van der Waals surface area contributed by atoms with Crippen LogP contribution in [0.25, 0.3) is 0 Å². The van der Waals surface area contributed by atoms with E-state index < -0.39 is 5.97 Å². The van der Waals surface area contributed by atoms with Gasteiger partial charge in [-0.05, 0) is 31.0 Å². The summed E-state index contributed by atoms with van der Waals surface area (Å²) in [7, 11) is 0. The molecule has 1 aromatic carbocycles. The number of hydrogen-bond donors (Lipinski definition) is 0. The first kappa shape index (κ1) is 12.8. The van der Waals surface area contributed by atoms with E-state index in [0.29, 0.717) is 18.1 Å². The van der Waals surface area contributed by atoms with Gasteiger partial charge in [-0.1, -0.05) is 18.5 Å². The molecule has 0 saturated carbocycles. The summed E-state index contributed by atoms with van der Waals surface area (Å²) in [6.07, 6.45) is 0.637. The van der Waals surface area contributed by atoms with E-state index in [4.69, 9.17) is 16.3 Å². The van der Waals surface area contributed by atoms with E-state index in [-0.39, 0.29) is 11.3 Å². The molecule has 0 aliphatic rings. The Balaban J connectivity index is 3.24. The number of halogens is 2. The molecule has 0 atom stereocenters. The minimum absolute atomic E-state index is 0.0469. The van der Waals surface area contributed by atoms with Crippen molar-refractivity contribution in [3.8, 4) is 5.75 Å². The maximum Gasteiger partial charge on any atom is 0.383 e. The zero-order valence-electron chi connectivity index (χ0n) is 9.05. The second-order valence-corrected chi connectivity index (χ2v) is 3.50. The highest BCUT2D eigenvalue weighted by Gasteiger charge is 2.17. The molecule has 3 nitrogen and oxygen atoms in total. The summed E-state index contributed by atoms with van der Waals surface area (Å²) in [6, 6.07) is 2.98. The van der Waals surface area contributed by atoms with E-state index >= 15 is 0 Å². The van der Waals surface area contributed by atoms with Crippen LogP contribution in [0.3, 0.4) is 0 Å². The molecule has 1 aromatic rings. The van der Waals surface area contributed by atoms with Crippen LogP contribution in [-0.2, 0) is 11.4 Å². The van der Waals surface area contributed by atoms with Crippen molar-refractivity contribution in [3.05, 3.63) is 28.3 Å². The average Bonchev–Trinajstić information content (AvgIpc) is 2.29. The zero-order valence-corrected chi connectivity index (χ0v) is 9.81. The molecule has 0 heterocycles. The highest BCUT2D eigenvalue weighted by molar-refractivity contribution is 6.31. The first-order chi connectivity index (χ1) is 7.63. The van der Waals surface area contributed by atoms with Crippen molar-refractivity contribution in [2.24, 2.45) is 0 Å². The SMILES string of the molecule is CCOc1cc(Cl)c(CC)cc1C(=O)OF. The van der Waals surface area contributed by atoms with Crippen LogP contribution in [0, 0.1) is 0 Å². The van der Waals surface area contributed by atoms with E-state index in [0.717, 1.165) is 5.56 Å². The van der Waals surface area contributed by atoms with Crippen LogP contribution in [0.2, 0.25) is 5.02 Å². The van der Waals surface area contributed by atoms with Crippen LogP contribution in [0.5, 0.6) is 5.75 Å². The van der Waals surface area contributed by atoms with Crippen molar-refractivity contribution < 1.29 is 19.0 Å². The Morgan fingerprint density at radius 1 is 1.44 bits per heavy atom. The highest BCUT2D eigenvalue weighted by atomic mass is 35.5. The van der Waals surface area contributed by atoms with E-state index in [1.807, 2.05) is 6.92 Å². The van der Waals surface area contributed by atoms with Gasteiger partial charge in [-0.25, -0.2) is 9.74 Å². The van der Waals surface area contributed by atoms with Gasteiger partial charge in [0.05, 0.1) is 6.61 Å². The quantitative estimate of drug-likeness (QED) is 0.817. The number of aryl methyl sites for hydroxylation is 1. The summed E-state index contributed by atoms with van der Waals surface area (Å²) in [6.45, 7) is 3.99. The summed E-state index contributed by atoms with van der Waals surface area (Å²) in [5.41, 5.74) is 0.788. The molecule has 1 rings (SSSR count). The summed E-state index contributed by atoms with van der Waals surface area (Å²) >= 11 is 5.96. The number of rotatable bonds is 4. The lowest BCUT2D eigenvalue weighted by atomic mass is 10.1. The third-order valence-electron chi connectivity index (χ3n) is 2.12. The van der Waals surface area contributed by atoms with Gasteiger partial charge in [0.25, 0.3) is 0 Å². The normalized spacial score (nSPS) is 10.0. The molecule has 5 heteroatoms. The molecule has 0 unspecified atom stereocenters. The standard InChI is InChI=1S/C11H12ClFO3/c1-3-7-5-8(11(14)16-13)10(15-4-2)6-9(7)12/h5-6H,3-4H2,1-2H3. The lowest BCUT2D eigenvalue weighted by Gasteiger charge is -2.10. The van der Waals surface area contributed by atoms with Gasteiger partial charge in [0.1, 0.15) is 11.3 Å². The molecule has 0 spiro atoms. The second kappa shape index (κ2) is 5.70. The molecule has 0 aliphatic carbocycles. The number of benzene rings is 1. The molecule has 0 N–H and O–H groups in total. The van der Waals surface area contributed by atoms with Crippen LogP contribution in [0.15, 0.2) is 12.1 Å². The van der Waals surface area contributed by atoms with E-state index in [1.54, 1.807) is 6.92 Å². The van der Waals surface area contributed by atoms with Crippen LogP contribution in [0.4, 0.5) is 4.53 Å². The number of ether oxygens (including phenoxy) is 1. The number of hydrogen-bond acceptors (Lipinski definition) is 3. The topological polar surface area (TPSA) is 35.5 Å². The van der Waals surface area contributed by atoms with E-state index in [9.17, 15) is 9.32 Å². The van der Waals surface area contributed by atoms with Gasteiger partial charge in [-0.2, -0.15) is 0 Å². The Kier molecular flexibility index (Phi) is 4.55. The van der Waals surface area contributed by atoms with Gasteiger partial charge in [-0.3, -0.25) is 0 Å². The molecule has 0 fully saturated rings. The predicted octanol–water partition coefficient (Wildman–Crippen LogP) is 3.34. The van der Waals surface area contributed by atoms with Crippen molar-refractivity contribution in [3.63, 3.8) is 0 Å². The smallest absolute Gasteiger partial charge is 0.383 e. The molecule has 0 saturated heterocycles. The maximum absolute atomic E-state index is 11.9. The van der Waals surface area contributed by atoms with Gasteiger partial charge in [0.2, 0.25) is 0 Å². The molecule has 88 valence electrons. The van der Waals surface area contributed by atoms with Gasteiger partial charge in [0.15, 0.2) is 0 Å². The van der Waals surface area contributed by atoms with Gasteiger partial charge in [0, 0.05) is 9.55 Å².